The molecule has 0 atom stereocenters. The minimum Gasteiger partial charge on any atom is -0.436 e. The van der Waals surface area contributed by atoms with Crippen LogP contribution < -0.4 is 5.32 Å². The summed E-state index contributed by atoms with van der Waals surface area (Å²) in [5.74, 6) is 0.430. The molecule has 27 heavy (non-hydrogen) atoms. The maximum atomic E-state index is 12.5. The number of nitrogens with one attached hydrogen (secondary N) is 1. The predicted molar refractivity (Wildman–Crippen MR) is 108 cm³/mol. The van der Waals surface area contributed by atoms with Crippen LogP contribution in [-0.4, -0.2) is 10.9 Å². The van der Waals surface area contributed by atoms with Gasteiger partial charge < -0.3 is 9.73 Å². The lowest BCUT2D eigenvalue weighted by Gasteiger charge is -2.05. The Labute approximate surface area is 157 Å². The normalized spacial score (nSPS) is 10.9. The Bertz CT molecular complexity index is 1090. The van der Waals surface area contributed by atoms with Crippen LogP contribution in [0.5, 0.6) is 0 Å². The molecule has 0 aliphatic heterocycles. The topological polar surface area (TPSA) is 55.1 Å². The number of carbonyl (C=O) groups excluding carboxylic acids is 1. The Balaban J connectivity index is 1.57. The number of benzene rings is 3. The molecule has 134 valence electrons. The summed E-state index contributed by atoms with van der Waals surface area (Å²) in [7, 11) is 0. The van der Waals surface area contributed by atoms with E-state index in [9.17, 15) is 4.79 Å². The van der Waals surface area contributed by atoms with E-state index in [1.165, 1.54) is 11.1 Å². The minimum atomic E-state index is -0.143. The molecule has 0 bridgehead atoms. The molecule has 0 radical (unpaired) electrons. The van der Waals surface area contributed by atoms with E-state index in [0.29, 0.717) is 22.7 Å². The highest BCUT2D eigenvalue weighted by Gasteiger charge is 2.11. The van der Waals surface area contributed by atoms with Crippen molar-refractivity contribution in [3.8, 4) is 11.5 Å². The van der Waals surface area contributed by atoms with Crippen molar-refractivity contribution in [3.05, 3.63) is 83.4 Å². The molecule has 1 amide bonds. The molecule has 1 aromatic heterocycles. The molecule has 1 N–H and O–H groups in total. The maximum absolute atomic E-state index is 12.5. The molecule has 0 saturated heterocycles. The van der Waals surface area contributed by atoms with E-state index >= 15 is 0 Å². The zero-order valence-electron chi connectivity index (χ0n) is 15.3. The largest absolute Gasteiger partial charge is 0.436 e. The van der Waals surface area contributed by atoms with Gasteiger partial charge in [-0.25, -0.2) is 4.98 Å². The van der Waals surface area contributed by atoms with Crippen LogP contribution >= 0.6 is 0 Å². The Morgan fingerprint density at radius 3 is 2.44 bits per heavy atom. The van der Waals surface area contributed by atoms with Crippen molar-refractivity contribution in [3.63, 3.8) is 0 Å². The number of rotatable bonds is 4. The van der Waals surface area contributed by atoms with Gasteiger partial charge in [0.25, 0.3) is 5.91 Å². The van der Waals surface area contributed by atoms with Crippen LogP contribution in [-0.2, 0) is 6.42 Å². The number of amides is 1. The Kier molecular flexibility index (Phi) is 4.47. The fourth-order valence-corrected chi connectivity index (χ4v) is 2.92. The van der Waals surface area contributed by atoms with E-state index in [-0.39, 0.29) is 5.91 Å². The van der Waals surface area contributed by atoms with E-state index in [2.05, 4.69) is 17.2 Å². The minimum absolute atomic E-state index is 0.143. The first-order chi connectivity index (χ1) is 13.1. The first-order valence-electron chi connectivity index (χ1n) is 9.00. The number of fused-ring (bicyclic) bond motifs is 1. The summed E-state index contributed by atoms with van der Waals surface area (Å²) in [5, 5.41) is 2.92. The van der Waals surface area contributed by atoms with Gasteiger partial charge in [-0.3, -0.25) is 4.79 Å². The van der Waals surface area contributed by atoms with Gasteiger partial charge in [-0.1, -0.05) is 36.8 Å². The summed E-state index contributed by atoms with van der Waals surface area (Å²) in [5.41, 5.74) is 6.04. The van der Waals surface area contributed by atoms with Crippen molar-refractivity contribution >= 4 is 22.7 Å². The quantitative estimate of drug-likeness (QED) is 0.516. The summed E-state index contributed by atoms with van der Waals surface area (Å²) in [4.78, 5) is 17.0. The number of hydrogen-bond donors (Lipinski definition) is 1. The van der Waals surface area contributed by atoms with Gasteiger partial charge >= 0.3 is 0 Å². The summed E-state index contributed by atoms with van der Waals surface area (Å²) < 4.78 is 5.89. The number of aromatic nitrogens is 1. The highest BCUT2D eigenvalue weighted by Crippen LogP contribution is 2.26. The second-order valence-electron chi connectivity index (χ2n) is 6.57. The van der Waals surface area contributed by atoms with Crippen LogP contribution in [0, 0.1) is 6.92 Å². The van der Waals surface area contributed by atoms with E-state index < -0.39 is 0 Å². The molecule has 4 heteroatoms. The number of nitrogens with zero attached hydrogens (tertiary/aromatic N) is 1. The molecule has 0 aliphatic rings. The first kappa shape index (κ1) is 17.0. The molecule has 4 aromatic rings. The second-order valence-corrected chi connectivity index (χ2v) is 6.57. The molecule has 0 spiro atoms. The highest BCUT2D eigenvalue weighted by molar-refractivity contribution is 6.04. The standard InChI is InChI=1S/C23H20N2O2/c1-3-16-6-10-17(11-7-16)22(26)24-19-12-13-20-21(14-19)27-23(25-20)18-8-4-15(2)5-9-18/h4-14H,3H2,1-2H3,(H,24,26). The molecular weight excluding hydrogens is 336 g/mol. The van der Waals surface area contributed by atoms with Gasteiger partial charge in [0, 0.05) is 22.9 Å². The van der Waals surface area contributed by atoms with Gasteiger partial charge in [-0.05, 0) is 55.3 Å². The third-order valence-electron chi connectivity index (χ3n) is 4.57. The van der Waals surface area contributed by atoms with Gasteiger partial charge in [0.15, 0.2) is 5.58 Å². The smallest absolute Gasteiger partial charge is 0.255 e. The molecule has 0 saturated carbocycles. The lowest BCUT2D eigenvalue weighted by Crippen LogP contribution is -2.11. The van der Waals surface area contributed by atoms with Crippen LogP contribution in [0.3, 0.4) is 0 Å². The molecule has 4 nitrogen and oxygen atoms in total. The number of oxazole rings is 1. The van der Waals surface area contributed by atoms with Crippen LogP contribution in [0.25, 0.3) is 22.6 Å². The van der Waals surface area contributed by atoms with Gasteiger partial charge in [0.05, 0.1) is 0 Å². The van der Waals surface area contributed by atoms with Crippen LogP contribution in [0.4, 0.5) is 5.69 Å². The van der Waals surface area contributed by atoms with E-state index in [1.54, 1.807) is 6.07 Å². The van der Waals surface area contributed by atoms with Crippen LogP contribution in [0.15, 0.2) is 71.1 Å². The average molecular weight is 356 g/mol. The van der Waals surface area contributed by atoms with Gasteiger partial charge in [-0.15, -0.1) is 0 Å². The molecule has 0 fully saturated rings. The Morgan fingerprint density at radius 1 is 1.00 bits per heavy atom. The lowest BCUT2D eigenvalue weighted by molar-refractivity contribution is 0.102. The molecule has 0 unspecified atom stereocenters. The highest BCUT2D eigenvalue weighted by atomic mass is 16.3. The maximum Gasteiger partial charge on any atom is 0.255 e. The van der Waals surface area contributed by atoms with Crippen molar-refractivity contribution in [2.45, 2.75) is 20.3 Å². The van der Waals surface area contributed by atoms with E-state index in [0.717, 1.165) is 17.5 Å². The van der Waals surface area contributed by atoms with Gasteiger partial charge in [-0.2, -0.15) is 0 Å². The lowest BCUT2D eigenvalue weighted by atomic mass is 10.1. The number of aryl methyl sites for hydroxylation is 2. The summed E-state index contributed by atoms with van der Waals surface area (Å²) in [6, 6.07) is 21.2. The SMILES string of the molecule is CCc1ccc(C(=O)Nc2ccc3nc(-c4ccc(C)cc4)oc3c2)cc1. The van der Waals surface area contributed by atoms with Crippen molar-refractivity contribution in [1.29, 1.82) is 0 Å². The molecule has 4 rings (SSSR count). The number of anilines is 1. The van der Waals surface area contributed by atoms with Crippen LogP contribution in [0.1, 0.15) is 28.4 Å². The fraction of sp³-hybridized carbons (Fsp3) is 0.130. The fourth-order valence-electron chi connectivity index (χ4n) is 2.92. The van der Waals surface area contributed by atoms with E-state index in [1.807, 2.05) is 67.6 Å². The summed E-state index contributed by atoms with van der Waals surface area (Å²) in [6.45, 7) is 4.13. The molecule has 1 heterocycles. The van der Waals surface area contributed by atoms with Crippen molar-refractivity contribution in [2.75, 3.05) is 5.32 Å². The van der Waals surface area contributed by atoms with Crippen molar-refractivity contribution in [2.24, 2.45) is 0 Å². The van der Waals surface area contributed by atoms with Crippen molar-refractivity contribution in [1.82, 2.24) is 4.98 Å². The number of hydrogen-bond acceptors (Lipinski definition) is 3. The third-order valence-corrected chi connectivity index (χ3v) is 4.57. The summed E-state index contributed by atoms with van der Waals surface area (Å²) >= 11 is 0. The molecule has 0 aliphatic carbocycles. The van der Waals surface area contributed by atoms with Gasteiger partial charge in [0.2, 0.25) is 5.89 Å². The van der Waals surface area contributed by atoms with E-state index in [4.69, 9.17) is 4.42 Å². The van der Waals surface area contributed by atoms with Gasteiger partial charge in [0.1, 0.15) is 5.52 Å². The summed E-state index contributed by atoms with van der Waals surface area (Å²) in [6.07, 6.45) is 0.952. The average Bonchev–Trinajstić information content (AvgIpc) is 3.12. The number of carbonyl (C=O) groups is 1. The Morgan fingerprint density at radius 2 is 1.74 bits per heavy atom. The third kappa shape index (κ3) is 3.60. The van der Waals surface area contributed by atoms with Crippen LogP contribution in [0.2, 0.25) is 0 Å². The van der Waals surface area contributed by atoms with Crippen molar-refractivity contribution < 1.29 is 9.21 Å². The Hall–Kier alpha value is -3.40. The molecular formula is C23H20N2O2. The zero-order valence-corrected chi connectivity index (χ0v) is 15.3. The monoisotopic (exact) mass is 356 g/mol. The molecule has 3 aromatic carbocycles. The predicted octanol–water partition coefficient (Wildman–Crippen LogP) is 5.62. The zero-order chi connectivity index (χ0) is 18.8. The second kappa shape index (κ2) is 7.08. The first-order valence-corrected chi connectivity index (χ1v) is 9.00.